The lowest BCUT2D eigenvalue weighted by molar-refractivity contribution is -0.136. The van der Waals surface area contributed by atoms with Gasteiger partial charge in [0.25, 0.3) is 0 Å². The summed E-state index contributed by atoms with van der Waals surface area (Å²) in [6, 6.07) is 9.26. The van der Waals surface area contributed by atoms with Crippen LogP contribution in [0, 0.1) is 5.92 Å². The van der Waals surface area contributed by atoms with Gasteiger partial charge in [0, 0.05) is 32.1 Å². The van der Waals surface area contributed by atoms with Gasteiger partial charge in [0.1, 0.15) is 0 Å². The highest BCUT2D eigenvalue weighted by Crippen LogP contribution is 2.23. The maximum Gasteiger partial charge on any atom is 0.225 e. The van der Waals surface area contributed by atoms with E-state index in [0.717, 1.165) is 31.5 Å². The first kappa shape index (κ1) is 19.9. The average molecular weight is 367 g/mol. The van der Waals surface area contributed by atoms with Crippen LogP contribution in [0.25, 0.3) is 0 Å². The Bertz CT molecular complexity index is 632. The largest absolute Gasteiger partial charge is 0.342 e. The molecule has 1 aromatic carbocycles. The highest BCUT2D eigenvalue weighted by Gasteiger charge is 2.32. The van der Waals surface area contributed by atoms with Crippen LogP contribution < -0.4 is 0 Å². The summed E-state index contributed by atoms with van der Waals surface area (Å²) in [5.74, 6) is 0.189. The zero-order valence-corrected chi connectivity index (χ0v) is 16.2. The third-order valence-electron chi connectivity index (χ3n) is 4.69. The van der Waals surface area contributed by atoms with Gasteiger partial charge >= 0.3 is 0 Å². The van der Waals surface area contributed by atoms with Gasteiger partial charge in [-0.3, -0.25) is 4.79 Å². The highest BCUT2D eigenvalue weighted by atomic mass is 32.2. The predicted octanol–water partition coefficient (Wildman–Crippen LogP) is 2.88. The molecular weight excluding hydrogens is 336 g/mol. The fraction of sp³-hybridized carbons (Fsp3) is 0.632. The fourth-order valence-corrected chi connectivity index (χ4v) is 4.95. The van der Waals surface area contributed by atoms with Crippen LogP contribution in [0.5, 0.6) is 0 Å². The molecule has 1 aliphatic rings. The fourth-order valence-electron chi connectivity index (χ4n) is 3.39. The van der Waals surface area contributed by atoms with Crippen LogP contribution >= 0.6 is 0 Å². The normalized spacial score (nSPS) is 16.7. The van der Waals surface area contributed by atoms with E-state index in [1.54, 1.807) is 4.31 Å². The summed E-state index contributed by atoms with van der Waals surface area (Å²) in [6.07, 6.45) is 3.15. The third-order valence-corrected chi connectivity index (χ3v) is 6.54. The zero-order chi connectivity index (χ0) is 18.3. The molecule has 0 saturated carbocycles. The molecule has 0 unspecified atom stereocenters. The molecule has 1 aliphatic heterocycles. The van der Waals surface area contributed by atoms with E-state index in [4.69, 9.17) is 0 Å². The number of nitrogens with zero attached hydrogens (tertiary/aromatic N) is 2. The van der Waals surface area contributed by atoms with E-state index in [2.05, 4.69) is 13.8 Å². The van der Waals surface area contributed by atoms with Crippen molar-refractivity contribution in [3.05, 3.63) is 35.9 Å². The molecule has 0 radical (unpaired) electrons. The van der Waals surface area contributed by atoms with Crippen molar-refractivity contribution >= 4 is 15.9 Å². The number of sulfonamides is 1. The molecule has 0 aromatic heterocycles. The van der Waals surface area contributed by atoms with Gasteiger partial charge in [0.2, 0.25) is 15.9 Å². The number of carbonyl (C=O) groups is 1. The Hall–Kier alpha value is -1.40. The minimum absolute atomic E-state index is 0.0320. The standard InChI is InChI=1S/C19H30N2O3S/c1-3-12-20(13-4-2)19(22)18-10-14-21(15-11-18)25(23,24)16-17-8-6-5-7-9-17/h5-9,18H,3-4,10-16H2,1-2H3. The molecule has 1 amide bonds. The molecule has 25 heavy (non-hydrogen) atoms. The number of piperidine rings is 1. The molecule has 6 heteroatoms. The summed E-state index contributed by atoms with van der Waals surface area (Å²) >= 11 is 0. The van der Waals surface area contributed by atoms with E-state index in [9.17, 15) is 13.2 Å². The van der Waals surface area contributed by atoms with E-state index in [1.165, 1.54) is 0 Å². The quantitative estimate of drug-likeness (QED) is 0.711. The van der Waals surface area contributed by atoms with Gasteiger partial charge in [-0.2, -0.15) is 0 Å². The molecule has 1 aromatic rings. The Morgan fingerprint density at radius 1 is 1.08 bits per heavy atom. The van der Waals surface area contributed by atoms with E-state index < -0.39 is 10.0 Å². The lowest BCUT2D eigenvalue weighted by atomic mass is 9.96. The average Bonchev–Trinajstić information content (AvgIpc) is 2.61. The van der Waals surface area contributed by atoms with Crippen LogP contribution in [0.2, 0.25) is 0 Å². The van der Waals surface area contributed by atoms with Crippen LogP contribution in [-0.2, 0) is 20.6 Å². The van der Waals surface area contributed by atoms with Gasteiger partial charge in [0.05, 0.1) is 5.75 Å². The predicted molar refractivity (Wildman–Crippen MR) is 101 cm³/mol. The topological polar surface area (TPSA) is 57.7 Å². The first-order chi connectivity index (χ1) is 12.0. The van der Waals surface area contributed by atoms with Crippen molar-refractivity contribution in [1.82, 2.24) is 9.21 Å². The molecule has 1 heterocycles. The van der Waals surface area contributed by atoms with Crippen molar-refractivity contribution in [2.75, 3.05) is 26.2 Å². The first-order valence-electron chi connectivity index (χ1n) is 9.28. The Kier molecular flexibility index (Phi) is 7.44. The maximum atomic E-state index is 12.7. The van der Waals surface area contributed by atoms with Crippen molar-refractivity contribution in [1.29, 1.82) is 0 Å². The van der Waals surface area contributed by atoms with Gasteiger partial charge in [-0.15, -0.1) is 0 Å². The molecule has 0 bridgehead atoms. The van der Waals surface area contributed by atoms with Crippen LogP contribution in [0.3, 0.4) is 0 Å². The first-order valence-corrected chi connectivity index (χ1v) is 10.9. The minimum Gasteiger partial charge on any atom is -0.342 e. The van der Waals surface area contributed by atoms with Crippen molar-refractivity contribution in [3.63, 3.8) is 0 Å². The van der Waals surface area contributed by atoms with Crippen molar-refractivity contribution in [2.24, 2.45) is 5.92 Å². The second-order valence-corrected chi connectivity index (χ2v) is 8.71. The highest BCUT2D eigenvalue weighted by molar-refractivity contribution is 7.88. The van der Waals surface area contributed by atoms with Gasteiger partial charge in [-0.25, -0.2) is 12.7 Å². The van der Waals surface area contributed by atoms with Crippen molar-refractivity contribution in [2.45, 2.75) is 45.3 Å². The van der Waals surface area contributed by atoms with Gasteiger partial charge in [-0.1, -0.05) is 44.2 Å². The Labute approximate surface area is 152 Å². The van der Waals surface area contributed by atoms with Gasteiger partial charge < -0.3 is 4.90 Å². The lowest BCUT2D eigenvalue weighted by Gasteiger charge is -2.33. The molecule has 0 aliphatic carbocycles. The monoisotopic (exact) mass is 366 g/mol. The summed E-state index contributed by atoms with van der Waals surface area (Å²) in [4.78, 5) is 14.6. The maximum absolute atomic E-state index is 12.7. The third kappa shape index (κ3) is 5.54. The molecule has 1 fully saturated rings. The smallest absolute Gasteiger partial charge is 0.225 e. The summed E-state index contributed by atoms with van der Waals surface area (Å²) in [6.45, 7) is 6.62. The summed E-state index contributed by atoms with van der Waals surface area (Å²) < 4.78 is 26.8. The molecule has 0 atom stereocenters. The van der Waals surface area contributed by atoms with E-state index in [-0.39, 0.29) is 17.6 Å². The number of hydrogen-bond donors (Lipinski definition) is 0. The number of benzene rings is 1. The molecule has 2 rings (SSSR count). The number of rotatable bonds is 8. The second-order valence-electron chi connectivity index (χ2n) is 6.74. The van der Waals surface area contributed by atoms with E-state index in [1.807, 2.05) is 35.2 Å². The summed E-state index contributed by atoms with van der Waals surface area (Å²) in [5.41, 5.74) is 0.803. The SMILES string of the molecule is CCCN(CCC)C(=O)C1CCN(S(=O)(=O)Cc2ccccc2)CC1. The lowest BCUT2D eigenvalue weighted by Crippen LogP contribution is -2.45. The van der Waals surface area contributed by atoms with Gasteiger partial charge in [-0.05, 0) is 31.2 Å². The van der Waals surface area contributed by atoms with Crippen LogP contribution in [0.15, 0.2) is 30.3 Å². The second kappa shape index (κ2) is 9.34. The molecule has 0 spiro atoms. The molecule has 140 valence electrons. The molecule has 5 nitrogen and oxygen atoms in total. The molecule has 0 N–H and O–H groups in total. The molecule has 1 saturated heterocycles. The minimum atomic E-state index is -3.32. The van der Waals surface area contributed by atoms with Crippen molar-refractivity contribution < 1.29 is 13.2 Å². The van der Waals surface area contributed by atoms with Crippen LogP contribution in [-0.4, -0.2) is 49.7 Å². The Morgan fingerprint density at radius 2 is 1.64 bits per heavy atom. The van der Waals surface area contributed by atoms with Crippen LogP contribution in [0.1, 0.15) is 45.1 Å². The van der Waals surface area contributed by atoms with E-state index in [0.29, 0.717) is 25.9 Å². The summed E-state index contributed by atoms with van der Waals surface area (Å²) in [5, 5.41) is 0. The zero-order valence-electron chi connectivity index (χ0n) is 15.4. The Balaban J connectivity index is 1.93. The number of amides is 1. The molecular formula is C19H30N2O3S. The number of carbonyl (C=O) groups excluding carboxylic acids is 1. The number of hydrogen-bond acceptors (Lipinski definition) is 3. The Morgan fingerprint density at radius 3 is 2.16 bits per heavy atom. The van der Waals surface area contributed by atoms with Crippen LogP contribution in [0.4, 0.5) is 0 Å². The summed E-state index contributed by atoms with van der Waals surface area (Å²) in [7, 11) is -3.32. The van der Waals surface area contributed by atoms with Crippen molar-refractivity contribution in [3.8, 4) is 0 Å². The van der Waals surface area contributed by atoms with E-state index >= 15 is 0 Å². The van der Waals surface area contributed by atoms with Gasteiger partial charge in [0.15, 0.2) is 0 Å².